The Labute approximate surface area is 205 Å². The first-order chi connectivity index (χ1) is 16.3. The molecule has 2 N–H and O–H groups in total. The van der Waals surface area contributed by atoms with Crippen molar-refractivity contribution in [2.45, 2.75) is 4.90 Å². The fourth-order valence-corrected chi connectivity index (χ4v) is 4.37. The molecule has 4 rings (SSSR count). The van der Waals surface area contributed by atoms with E-state index >= 15 is 0 Å². The molecule has 1 aromatic heterocycles. The van der Waals surface area contributed by atoms with E-state index in [-0.39, 0.29) is 26.9 Å². The molecule has 11 heteroatoms. The second kappa shape index (κ2) is 10.1. The highest BCUT2D eigenvalue weighted by Crippen LogP contribution is 2.35. The van der Waals surface area contributed by atoms with E-state index in [9.17, 15) is 13.2 Å². The lowest BCUT2D eigenvalue weighted by Crippen LogP contribution is -2.15. The number of hydrogen-bond acceptors (Lipinski definition) is 6. The predicted octanol–water partition coefficient (Wildman–Crippen LogP) is 5.63. The Morgan fingerprint density at radius 1 is 0.882 bits per heavy atom. The van der Waals surface area contributed by atoms with Crippen molar-refractivity contribution < 1.29 is 17.9 Å². The van der Waals surface area contributed by atoms with Gasteiger partial charge in [0.1, 0.15) is 12.1 Å². The molecule has 4 aromatic rings. The molecule has 0 unspecified atom stereocenters. The van der Waals surface area contributed by atoms with Gasteiger partial charge in [-0.1, -0.05) is 35.3 Å². The summed E-state index contributed by atoms with van der Waals surface area (Å²) in [4.78, 5) is 19.8. The third-order valence-electron chi connectivity index (χ3n) is 4.49. The lowest BCUT2D eigenvalue weighted by atomic mass is 10.3. The number of benzene rings is 3. The highest BCUT2D eigenvalue weighted by Gasteiger charge is 2.18. The molecule has 3 aromatic carbocycles. The number of carbonyl (C=O) groups is 1. The van der Waals surface area contributed by atoms with E-state index in [2.05, 4.69) is 20.0 Å². The van der Waals surface area contributed by atoms with Crippen LogP contribution in [0.25, 0.3) is 0 Å². The van der Waals surface area contributed by atoms with Gasteiger partial charge in [-0.2, -0.15) is 0 Å². The molecule has 0 aliphatic rings. The van der Waals surface area contributed by atoms with Crippen molar-refractivity contribution in [3.8, 4) is 11.5 Å². The van der Waals surface area contributed by atoms with Gasteiger partial charge in [0.25, 0.3) is 15.9 Å². The smallest absolute Gasteiger partial charge is 0.262 e. The van der Waals surface area contributed by atoms with Crippen LogP contribution in [0.15, 0.2) is 90.3 Å². The molecule has 0 spiro atoms. The molecule has 8 nitrogen and oxygen atoms in total. The van der Waals surface area contributed by atoms with Crippen LogP contribution in [-0.2, 0) is 10.0 Å². The number of para-hydroxylation sites is 2. The first-order valence-electron chi connectivity index (χ1n) is 9.73. The summed E-state index contributed by atoms with van der Waals surface area (Å²) in [5.41, 5.74) is 0.905. The Hall–Kier alpha value is -3.66. The molecule has 1 heterocycles. The number of anilines is 2. The zero-order chi connectivity index (χ0) is 24.1. The summed E-state index contributed by atoms with van der Waals surface area (Å²) in [5.74, 6) is 0.159. The van der Waals surface area contributed by atoms with Crippen LogP contribution in [0.2, 0.25) is 10.0 Å². The minimum Gasteiger partial charge on any atom is -0.454 e. The number of halogens is 2. The van der Waals surface area contributed by atoms with E-state index in [1.807, 2.05) is 0 Å². The van der Waals surface area contributed by atoms with Gasteiger partial charge in [0.05, 0.1) is 21.2 Å². The van der Waals surface area contributed by atoms with Crippen LogP contribution in [0.5, 0.6) is 11.5 Å². The van der Waals surface area contributed by atoms with E-state index in [4.69, 9.17) is 27.9 Å². The quantitative estimate of drug-likeness (QED) is 0.330. The largest absolute Gasteiger partial charge is 0.454 e. The first-order valence-corrected chi connectivity index (χ1v) is 12.0. The SMILES string of the molecule is O=C(Nc1ccc(S(=O)(=O)Nc2ccccc2Oc2ccc(Cl)cc2Cl)cc1)c1cncnc1. The molecule has 0 aliphatic carbocycles. The van der Waals surface area contributed by atoms with Crippen molar-refractivity contribution in [2.24, 2.45) is 0 Å². The fourth-order valence-electron chi connectivity index (χ4n) is 2.86. The van der Waals surface area contributed by atoms with Gasteiger partial charge in [-0.05, 0) is 54.6 Å². The molecule has 0 saturated heterocycles. The van der Waals surface area contributed by atoms with Crippen LogP contribution < -0.4 is 14.8 Å². The van der Waals surface area contributed by atoms with Crippen LogP contribution in [-0.4, -0.2) is 24.3 Å². The zero-order valence-electron chi connectivity index (χ0n) is 17.3. The summed E-state index contributed by atoms with van der Waals surface area (Å²) in [5, 5.41) is 3.39. The van der Waals surface area contributed by atoms with Crippen molar-refractivity contribution in [3.63, 3.8) is 0 Å². The van der Waals surface area contributed by atoms with Crippen molar-refractivity contribution in [1.82, 2.24) is 9.97 Å². The summed E-state index contributed by atoms with van der Waals surface area (Å²) >= 11 is 12.1. The van der Waals surface area contributed by atoms with Crippen LogP contribution in [0, 0.1) is 0 Å². The van der Waals surface area contributed by atoms with E-state index < -0.39 is 15.9 Å². The van der Waals surface area contributed by atoms with Gasteiger partial charge < -0.3 is 10.1 Å². The molecule has 34 heavy (non-hydrogen) atoms. The van der Waals surface area contributed by atoms with Gasteiger partial charge in [-0.3, -0.25) is 9.52 Å². The minimum atomic E-state index is -3.96. The second-order valence-electron chi connectivity index (χ2n) is 6.88. The maximum Gasteiger partial charge on any atom is 0.262 e. The van der Waals surface area contributed by atoms with Gasteiger partial charge in [0.15, 0.2) is 5.75 Å². The average molecular weight is 515 g/mol. The minimum absolute atomic E-state index is 0.00660. The zero-order valence-corrected chi connectivity index (χ0v) is 19.6. The summed E-state index contributed by atoms with van der Waals surface area (Å²) < 4.78 is 34.2. The number of amides is 1. The van der Waals surface area contributed by atoms with E-state index in [1.165, 1.54) is 49.1 Å². The number of rotatable bonds is 7. The van der Waals surface area contributed by atoms with Gasteiger partial charge in [-0.15, -0.1) is 0 Å². The number of carbonyl (C=O) groups excluding carboxylic acids is 1. The fraction of sp³-hybridized carbons (Fsp3) is 0. The van der Waals surface area contributed by atoms with E-state index in [0.717, 1.165) is 0 Å². The van der Waals surface area contributed by atoms with Crippen molar-refractivity contribution in [1.29, 1.82) is 0 Å². The van der Waals surface area contributed by atoms with Crippen LogP contribution in [0.1, 0.15) is 10.4 Å². The van der Waals surface area contributed by atoms with Gasteiger partial charge in [0.2, 0.25) is 0 Å². The lowest BCUT2D eigenvalue weighted by molar-refractivity contribution is 0.102. The standard InChI is InChI=1S/C23H16Cl2N4O4S/c24-16-5-10-21(19(25)11-16)33-22-4-2-1-3-20(22)29-34(31,32)18-8-6-17(7-9-18)28-23(30)15-12-26-14-27-13-15/h1-14,29H,(H,28,30). The Morgan fingerprint density at radius 3 is 2.29 bits per heavy atom. The number of aromatic nitrogens is 2. The molecule has 0 fully saturated rings. The summed E-state index contributed by atoms with van der Waals surface area (Å²) in [6, 6.07) is 17.0. The number of nitrogens with one attached hydrogen (secondary N) is 2. The summed E-state index contributed by atoms with van der Waals surface area (Å²) in [7, 11) is -3.96. The molecular formula is C23H16Cl2N4O4S. The van der Waals surface area contributed by atoms with Crippen molar-refractivity contribution >= 4 is 50.5 Å². The highest BCUT2D eigenvalue weighted by atomic mass is 35.5. The van der Waals surface area contributed by atoms with Crippen LogP contribution in [0.4, 0.5) is 11.4 Å². The Kier molecular flexibility index (Phi) is 6.97. The summed E-state index contributed by atoms with van der Waals surface area (Å²) in [6.07, 6.45) is 4.07. The second-order valence-corrected chi connectivity index (χ2v) is 9.41. The number of ether oxygens (including phenoxy) is 1. The molecule has 0 aliphatic heterocycles. The molecule has 0 atom stereocenters. The molecule has 172 valence electrons. The normalized spacial score (nSPS) is 11.0. The molecular weight excluding hydrogens is 499 g/mol. The third kappa shape index (κ3) is 5.63. The molecule has 0 bridgehead atoms. The number of sulfonamides is 1. The van der Waals surface area contributed by atoms with Gasteiger partial charge in [0, 0.05) is 23.1 Å². The van der Waals surface area contributed by atoms with Gasteiger partial charge >= 0.3 is 0 Å². The molecule has 0 saturated carbocycles. The first kappa shape index (κ1) is 23.5. The Balaban J connectivity index is 1.50. The van der Waals surface area contributed by atoms with Crippen molar-refractivity contribution in [2.75, 3.05) is 10.0 Å². The maximum atomic E-state index is 13.0. The number of nitrogens with zero attached hydrogens (tertiary/aromatic N) is 2. The highest BCUT2D eigenvalue weighted by molar-refractivity contribution is 7.92. The summed E-state index contributed by atoms with van der Waals surface area (Å²) in [6.45, 7) is 0. The van der Waals surface area contributed by atoms with E-state index in [0.29, 0.717) is 16.5 Å². The monoisotopic (exact) mass is 514 g/mol. The maximum absolute atomic E-state index is 13.0. The van der Waals surface area contributed by atoms with Gasteiger partial charge in [-0.25, -0.2) is 18.4 Å². The topological polar surface area (TPSA) is 110 Å². The molecule has 0 radical (unpaired) electrons. The predicted molar refractivity (Wildman–Crippen MR) is 130 cm³/mol. The third-order valence-corrected chi connectivity index (χ3v) is 6.40. The van der Waals surface area contributed by atoms with Crippen LogP contribution >= 0.6 is 23.2 Å². The average Bonchev–Trinajstić information content (AvgIpc) is 2.83. The molecule has 1 amide bonds. The number of hydrogen-bond donors (Lipinski definition) is 2. The lowest BCUT2D eigenvalue weighted by Gasteiger charge is -2.14. The van der Waals surface area contributed by atoms with Crippen LogP contribution in [0.3, 0.4) is 0 Å². The van der Waals surface area contributed by atoms with E-state index in [1.54, 1.807) is 36.4 Å². The van der Waals surface area contributed by atoms with Crippen molar-refractivity contribution in [3.05, 3.63) is 101 Å². The Morgan fingerprint density at radius 2 is 1.59 bits per heavy atom. The Bertz CT molecular complexity index is 1430.